The first-order valence-electron chi connectivity index (χ1n) is 7.32. The molecule has 104 valence electrons. The zero-order valence-electron chi connectivity index (χ0n) is 12.2. The molecule has 3 aliphatic carbocycles. The van der Waals surface area contributed by atoms with Gasteiger partial charge in [0, 0.05) is 11.0 Å². The van der Waals surface area contributed by atoms with Crippen molar-refractivity contribution in [3.63, 3.8) is 0 Å². The van der Waals surface area contributed by atoms with Crippen molar-refractivity contribution < 1.29 is 0 Å². The molecule has 1 N–H and O–H groups in total. The first-order chi connectivity index (χ1) is 9.45. The van der Waals surface area contributed by atoms with Crippen molar-refractivity contribution in [2.45, 2.75) is 45.1 Å². The molecule has 0 spiro atoms. The summed E-state index contributed by atoms with van der Waals surface area (Å²) < 4.78 is 2.09. The molecule has 3 nitrogen and oxygen atoms in total. The Morgan fingerprint density at radius 3 is 2.60 bits per heavy atom. The van der Waals surface area contributed by atoms with Gasteiger partial charge >= 0.3 is 0 Å². The highest BCUT2D eigenvalue weighted by Crippen LogP contribution is 2.71. The Morgan fingerprint density at radius 2 is 1.95 bits per heavy atom. The lowest BCUT2D eigenvalue weighted by Crippen LogP contribution is -2.50. The van der Waals surface area contributed by atoms with Gasteiger partial charge in [-0.05, 0) is 23.3 Å². The Kier molecular flexibility index (Phi) is 2.08. The summed E-state index contributed by atoms with van der Waals surface area (Å²) in [5, 5.41) is 3.05. The van der Waals surface area contributed by atoms with E-state index in [0.29, 0.717) is 5.92 Å². The van der Waals surface area contributed by atoms with Crippen LogP contribution in [0.2, 0.25) is 0 Å². The summed E-state index contributed by atoms with van der Waals surface area (Å²) in [6.45, 7) is 7.66. The Labute approximate surface area is 118 Å². The minimum absolute atomic E-state index is 0.121. The lowest BCUT2D eigenvalue weighted by Gasteiger charge is -2.53. The van der Waals surface area contributed by atoms with Crippen LogP contribution in [0.5, 0.6) is 0 Å². The Hall–Kier alpha value is -1.77. The van der Waals surface area contributed by atoms with Gasteiger partial charge in [-0.15, -0.1) is 0 Å². The van der Waals surface area contributed by atoms with Crippen LogP contribution in [-0.4, -0.2) is 9.78 Å². The highest BCUT2D eigenvalue weighted by Gasteiger charge is 2.67. The molecule has 0 radical (unpaired) electrons. The summed E-state index contributed by atoms with van der Waals surface area (Å²) in [6.07, 6.45) is 1.13. The molecule has 0 aliphatic heterocycles. The minimum atomic E-state index is 0.121. The summed E-state index contributed by atoms with van der Waals surface area (Å²) in [7, 11) is 0. The van der Waals surface area contributed by atoms with Gasteiger partial charge in [-0.3, -0.25) is 14.6 Å². The van der Waals surface area contributed by atoms with Crippen molar-refractivity contribution in [3.8, 4) is 0 Å². The average molecular weight is 268 g/mol. The van der Waals surface area contributed by atoms with Crippen LogP contribution in [0.1, 0.15) is 49.9 Å². The van der Waals surface area contributed by atoms with E-state index < -0.39 is 0 Å². The molecule has 20 heavy (non-hydrogen) atoms. The maximum atomic E-state index is 12.3. The van der Waals surface area contributed by atoms with Crippen LogP contribution >= 0.6 is 0 Å². The van der Waals surface area contributed by atoms with Crippen molar-refractivity contribution in [2.75, 3.05) is 0 Å². The molecular formula is C17H20N2O. The van der Waals surface area contributed by atoms with Crippen LogP contribution in [0.25, 0.3) is 0 Å². The van der Waals surface area contributed by atoms with E-state index in [1.165, 1.54) is 11.3 Å². The van der Waals surface area contributed by atoms with E-state index in [1.54, 1.807) is 0 Å². The Morgan fingerprint density at radius 1 is 1.25 bits per heavy atom. The number of nitrogens with one attached hydrogen (secondary N) is 1. The Balaban J connectivity index is 1.83. The fraction of sp³-hybridized carbons (Fsp3) is 0.471. The maximum Gasteiger partial charge on any atom is 0.267 e. The number of aromatic amines is 1. The fourth-order valence-electron chi connectivity index (χ4n) is 4.34. The van der Waals surface area contributed by atoms with Gasteiger partial charge in [0.15, 0.2) is 0 Å². The molecule has 3 heteroatoms. The lowest BCUT2D eigenvalue weighted by molar-refractivity contribution is 0.0314. The zero-order chi connectivity index (χ0) is 14.1. The summed E-state index contributed by atoms with van der Waals surface area (Å²) in [5.74, 6) is 0.434. The van der Waals surface area contributed by atoms with Crippen LogP contribution < -0.4 is 5.56 Å². The predicted molar refractivity (Wildman–Crippen MR) is 79.1 cm³/mol. The maximum absolute atomic E-state index is 12.3. The molecule has 1 saturated carbocycles. The van der Waals surface area contributed by atoms with Crippen molar-refractivity contribution in [1.82, 2.24) is 9.78 Å². The van der Waals surface area contributed by atoms with Crippen molar-refractivity contribution >= 4 is 0 Å². The second-order valence-electron chi connectivity index (χ2n) is 7.09. The second kappa shape index (κ2) is 3.46. The summed E-state index contributed by atoms with van der Waals surface area (Å²) >= 11 is 0. The third kappa shape index (κ3) is 1.19. The van der Waals surface area contributed by atoms with Gasteiger partial charge in [-0.1, -0.05) is 51.1 Å². The van der Waals surface area contributed by atoms with Crippen molar-refractivity contribution in [2.24, 2.45) is 5.41 Å². The van der Waals surface area contributed by atoms with E-state index in [1.807, 2.05) is 18.2 Å². The van der Waals surface area contributed by atoms with Crippen LogP contribution in [-0.2, 0) is 12.0 Å². The smallest absolute Gasteiger partial charge is 0.267 e. The minimum Gasteiger partial charge on any atom is -0.284 e. The number of H-pyrrole nitrogens is 1. The molecule has 0 saturated heterocycles. The SMILES string of the molecule is CC1(C)C2C[C@]1(C)c1c2c(=O)[nH]n1Cc1ccccc1. The van der Waals surface area contributed by atoms with E-state index in [0.717, 1.165) is 18.5 Å². The topological polar surface area (TPSA) is 37.8 Å². The first kappa shape index (κ1) is 12.0. The van der Waals surface area contributed by atoms with Crippen molar-refractivity contribution in [3.05, 3.63) is 57.5 Å². The molecule has 1 heterocycles. The quantitative estimate of drug-likeness (QED) is 0.893. The van der Waals surface area contributed by atoms with Gasteiger partial charge in [0.1, 0.15) is 0 Å². The van der Waals surface area contributed by atoms with Gasteiger partial charge in [-0.2, -0.15) is 0 Å². The number of nitrogens with zero attached hydrogens (tertiary/aromatic N) is 1. The third-order valence-electron chi connectivity index (χ3n) is 5.97. The van der Waals surface area contributed by atoms with Gasteiger partial charge in [-0.25, -0.2) is 0 Å². The van der Waals surface area contributed by atoms with E-state index in [9.17, 15) is 4.79 Å². The van der Waals surface area contributed by atoms with E-state index >= 15 is 0 Å². The number of hydrogen-bond acceptors (Lipinski definition) is 1. The molecule has 2 bridgehead atoms. The van der Waals surface area contributed by atoms with Crippen LogP contribution in [0, 0.1) is 5.41 Å². The van der Waals surface area contributed by atoms with Crippen molar-refractivity contribution in [1.29, 1.82) is 0 Å². The largest absolute Gasteiger partial charge is 0.284 e. The number of hydrogen-bond donors (Lipinski definition) is 1. The van der Waals surface area contributed by atoms with Gasteiger partial charge in [0.05, 0.1) is 12.2 Å². The molecule has 5 rings (SSSR count). The standard InChI is InChI=1S/C17H20N2O/c1-16(2)12-9-17(16,3)14-13(12)15(20)18-19(14)10-11-7-5-4-6-8-11/h4-8,12H,9-10H2,1-3H3,(H,18,20)/t12?,17-/m1/s1. The molecule has 1 aromatic heterocycles. The third-order valence-corrected chi connectivity index (χ3v) is 5.97. The first-order valence-corrected chi connectivity index (χ1v) is 7.32. The monoisotopic (exact) mass is 268 g/mol. The molecule has 3 aliphatic rings. The molecule has 1 unspecified atom stereocenters. The zero-order valence-corrected chi connectivity index (χ0v) is 12.2. The van der Waals surface area contributed by atoms with Crippen LogP contribution in [0.3, 0.4) is 0 Å². The van der Waals surface area contributed by atoms with Gasteiger partial charge in [0.25, 0.3) is 5.56 Å². The predicted octanol–water partition coefficient (Wildman–Crippen LogP) is 3.01. The molecule has 1 aromatic carbocycles. The van der Waals surface area contributed by atoms with E-state index in [-0.39, 0.29) is 16.4 Å². The molecular weight excluding hydrogens is 248 g/mol. The number of rotatable bonds is 2. The molecule has 1 fully saturated rings. The average Bonchev–Trinajstić information content (AvgIpc) is 2.96. The molecule has 2 aromatic rings. The highest BCUT2D eigenvalue weighted by molar-refractivity contribution is 5.49. The molecule has 0 amide bonds. The van der Waals surface area contributed by atoms with Gasteiger partial charge in [0.2, 0.25) is 0 Å². The lowest BCUT2D eigenvalue weighted by atomic mass is 9.50. The number of aromatic nitrogens is 2. The van der Waals surface area contributed by atoms with E-state index in [2.05, 4.69) is 42.7 Å². The second-order valence-corrected chi connectivity index (χ2v) is 7.09. The van der Waals surface area contributed by atoms with Gasteiger partial charge < -0.3 is 0 Å². The summed E-state index contributed by atoms with van der Waals surface area (Å²) in [6, 6.07) is 10.3. The normalized spacial score (nSPS) is 29.1. The summed E-state index contributed by atoms with van der Waals surface area (Å²) in [5.41, 5.74) is 4.00. The number of benzene rings is 1. The van der Waals surface area contributed by atoms with Crippen LogP contribution in [0.4, 0.5) is 0 Å². The fourth-order valence-corrected chi connectivity index (χ4v) is 4.34. The van der Waals surface area contributed by atoms with E-state index in [4.69, 9.17) is 0 Å². The summed E-state index contributed by atoms with van der Waals surface area (Å²) in [4.78, 5) is 12.3. The highest BCUT2D eigenvalue weighted by atomic mass is 16.1. The molecule has 2 atom stereocenters. The van der Waals surface area contributed by atoms with Crippen LogP contribution in [0.15, 0.2) is 35.1 Å². The Bertz CT molecular complexity index is 738.